The largest absolute Gasteiger partial charge is 0.398 e. The number of likely N-dealkylation sites (tertiary alicyclic amines) is 1. The molecule has 240 valence electrons. The highest BCUT2D eigenvalue weighted by atomic mass is 19.1. The van der Waals surface area contributed by atoms with Crippen LogP contribution in [0.4, 0.5) is 25.8 Å². The number of hydrogen-bond acceptors (Lipinski definition) is 6. The van der Waals surface area contributed by atoms with Crippen LogP contribution in [0.1, 0.15) is 65.6 Å². The summed E-state index contributed by atoms with van der Waals surface area (Å²) in [7, 11) is 2.17. The van der Waals surface area contributed by atoms with Crippen LogP contribution in [0.15, 0.2) is 59.6 Å². The number of amidine groups is 1. The highest BCUT2D eigenvalue weighted by Crippen LogP contribution is 2.29. The average Bonchev–Trinajstić information content (AvgIpc) is 3.73. The van der Waals surface area contributed by atoms with Gasteiger partial charge in [-0.05, 0) is 119 Å². The number of halogens is 2. The fourth-order valence-corrected chi connectivity index (χ4v) is 6.06. The molecule has 6 rings (SSSR count). The minimum Gasteiger partial charge on any atom is -0.398 e. The van der Waals surface area contributed by atoms with E-state index >= 15 is 0 Å². The molecule has 0 saturated carbocycles. The molecule has 0 aromatic heterocycles. The molecule has 3 aromatic rings. The van der Waals surface area contributed by atoms with E-state index in [0.717, 1.165) is 61.8 Å². The number of aliphatic imine (C=N–C) groups is 1. The third kappa shape index (κ3) is 9.02. The van der Waals surface area contributed by atoms with Gasteiger partial charge in [0.05, 0.1) is 5.56 Å². The Morgan fingerprint density at radius 3 is 2.20 bits per heavy atom. The molecule has 8 nitrogen and oxygen atoms in total. The van der Waals surface area contributed by atoms with E-state index in [-0.39, 0.29) is 18.3 Å². The Hall–Kier alpha value is -4.02. The zero-order valence-electron chi connectivity index (χ0n) is 26.0. The van der Waals surface area contributed by atoms with Gasteiger partial charge in [0.15, 0.2) is 0 Å². The van der Waals surface area contributed by atoms with Crippen molar-refractivity contribution >= 4 is 28.8 Å². The number of hydrogen-bond donors (Lipinski definition) is 3. The standard InChI is InChI=1S/C30H33F2N5O2.C5H11N/c31-21-14-20(15-22(32)17-21)13-19-3-6-27(33)26(16-19)29(34)36-30(38)25-5-4-24(37-9-1-2-10-37)18-28(25)35-23-7-11-39-12-8-23;1-6-4-2-3-5-6/h3-6,14-18,23,35H,1-2,7-13,33H2,(H2,34,36,38);2-5H2,1H3. The number of carbonyl (C=O) groups excluding carboxylic acids is 1. The molecule has 3 aromatic carbocycles. The van der Waals surface area contributed by atoms with Gasteiger partial charge < -0.3 is 31.3 Å². The van der Waals surface area contributed by atoms with Gasteiger partial charge in [-0.1, -0.05) is 6.07 Å². The molecule has 0 unspecified atom stereocenters. The summed E-state index contributed by atoms with van der Waals surface area (Å²) < 4.78 is 32.8. The Balaban J connectivity index is 0.000000598. The minimum atomic E-state index is -0.645. The second-order valence-corrected chi connectivity index (χ2v) is 12.1. The number of nitrogen functional groups attached to an aromatic ring is 1. The lowest BCUT2D eigenvalue weighted by Gasteiger charge is -2.26. The summed E-state index contributed by atoms with van der Waals surface area (Å²) in [5.41, 5.74) is 16.6. The van der Waals surface area contributed by atoms with Gasteiger partial charge in [-0.25, -0.2) is 8.78 Å². The number of rotatable bonds is 7. The molecule has 1 amide bonds. The molecule has 45 heavy (non-hydrogen) atoms. The number of amides is 1. The number of nitrogens with two attached hydrogens (primary N) is 2. The van der Waals surface area contributed by atoms with E-state index < -0.39 is 17.5 Å². The molecule has 3 aliphatic rings. The smallest absolute Gasteiger partial charge is 0.281 e. The van der Waals surface area contributed by atoms with Crippen molar-refractivity contribution in [2.45, 2.75) is 51.0 Å². The fraction of sp³-hybridized carbons (Fsp3) is 0.429. The van der Waals surface area contributed by atoms with Crippen molar-refractivity contribution < 1.29 is 18.3 Å². The van der Waals surface area contributed by atoms with Crippen molar-refractivity contribution in [3.63, 3.8) is 0 Å². The molecule has 3 aliphatic heterocycles. The van der Waals surface area contributed by atoms with Crippen LogP contribution in [0.25, 0.3) is 0 Å². The zero-order chi connectivity index (χ0) is 31.8. The van der Waals surface area contributed by atoms with E-state index in [1.165, 1.54) is 38.1 Å². The van der Waals surface area contributed by atoms with Gasteiger partial charge in [-0.3, -0.25) is 4.79 Å². The molecule has 0 bridgehead atoms. The zero-order valence-corrected chi connectivity index (χ0v) is 26.0. The van der Waals surface area contributed by atoms with Gasteiger partial charge in [0.1, 0.15) is 17.5 Å². The van der Waals surface area contributed by atoms with Gasteiger partial charge in [0.25, 0.3) is 5.91 Å². The number of ether oxygens (including phenoxy) is 1. The maximum Gasteiger partial charge on any atom is 0.281 e. The second kappa shape index (κ2) is 15.3. The van der Waals surface area contributed by atoms with E-state index in [2.05, 4.69) is 27.2 Å². The van der Waals surface area contributed by atoms with E-state index in [4.69, 9.17) is 16.2 Å². The number of benzene rings is 3. The highest BCUT2D eigenvalue weighted by Gasteiger charge is 2.21. The third-order valence-corrected chi connectivity index (χ3v) is 8.56. The Morgan fingerprint density at radius 2 is 1.56 bits per heavy atom. The molecule has 3 fully saturated rings. The fourth-order valence-electron chi connectivity index (χ4n) is 6.06. The lowest BCUT2D eigenvalue weighted by Crippen LogP contribution is -2.29. The summed E-state index contributed by atoms with van der Waals surface area (Å²) in [5.74, 6) is -1.79. The van der Waals surface area contributed by atoms with Crippen molar-refractivity contribution in [2.24, 2.45) is 10.7 Å². The van der Waals surface area contributed by atoms with Crippen LogP contribution < -0.4 is 21.7 Å². The maximum atomic E-state index is 13.6. The summed E-state index contributed by atoms with van der Waals surface area (Å²) in [6, 6.07) is 14.4. The highest BCUT2D eigenvalue weighted by molar-refractivity contribution is 6.12. The Bertz CT molecular complexity index is 1480. The number of nitrogens with zero attached hydrogens (tertiary/aromatic N) is 3. The molecular weight excluding hydrogens is 574 g/mol. The first-order valence-corrected chi connectivity index (χ1v) is 15.9. The number of carbonyl (C=O) groups is 1. The predicted octanol–water partition coefficient (Wildman–Crippen LogP) is 5.59. The normalized spacial score (nSPS) is 17.7. The SMILES string of the molecule is CN1CCCC1.NC(=NC(=O)c1ccc(N2CCCC2)cc1NC1CCOCC1)c1cc(Cc2cc(F)cc(F)c2)ccc1N. The Morgan fingerprint density at radius 1 is 0.889 bits per heavy atom. The first-order valence-electron chi connectivity index (χ1n) is 15.9. The number of anilines is 3. The van der Waals surface area contributed by atoms with Crippen LogP contribution in [0.2, 0.25) is 0 Å². The topological polar surface area (TPSA) is 109 Å². The number of nitrogens with one attached hydrogen (secondary N) is 1. The van der Waals surface area contributed by atoms with Crippen LogP contribution in [-0.2, 0) is 11.2 Å². The van der Waals surface area contributed by atoms with Crippen molar-refractivity contribution in [1.82, 2.24) is 4.90 Å². The maximum absolute atomic E-state index is 13.6. The predicted molar refractivity (Wildman–Crippen MR) is 177 cm³/mol. The molecule has 3 heterocycles. The van der Waals surface area contributed by atoms with Gasteiger partial charge in [-0.2, -0.15) is 4.99 Å². The minimum absolute atomic E-state index is 0.0228. The Labute approximate surface area is 264 Å². The molecule has 0 spiro atoms. The third-order valence-electron chi connectivity index (χ3n) is 8.56. The van der Waals surface area contributed by atoms with Gasteiger partial charge in [0.2, 0.25) is 0 Å². The summed E-state index contributed by atoms with van der Waals surface area (Å²) in [5, 5.41) is 3.54. The molecule has 0 radical (unpaired) electrons. The van der Waals surface area contributed by atoms with Crippen molar-refractivity contribution in [1.29, 1.82) is 0 Å². The molecular formula is C35H44F2N6O2. The van der Waals surface area contributed by atoms with Crippen LogP contribution >= 0.6 is 0 Å². The van der Waals surface area contributed by atoms with Gasteiger partial charge in [-0.15, -0.1) is 0 Å². The van der Waals surface area contributed by atoms with E-state index in [1.807, 2.05) is 12.1 Å². The summed E-state index contributed by atoms with van der Waals surface area (Å²) >= 11 is 0. The molecule has 5 N–H and O–H groups in total. The van der Waals surface area contributed by atoms with Crippen molar-refractivity contribution in [3.05, 3.63) is 88.5 Å². The first-order chi connectivity index (χ1) is 21.7. The lowest BCUT2D eigenvalue weighted by molar-refractivity contribution is 0.0904. The van der Waals surface area contributed by atoms with E-state index in [1.54, 1.807) is 24.3 Å². The van der Waals surface area contributed by atoms with Crippen LogP contribution in [0, 0.1) is 11.6 Å². The van der Waals surface area contributed by atoms with Gasteiger partial charge in [0, 0.05) is 61.0 Å². The van der Waals surface area contributed by atoms with Gasteiger partial charge >= 0.3 is 0 Å². The summed E-state index contributed by atoms with van der Waals surface area (Å²) in [4.78, 5) is 22.3. The molecule has 0 aliphatic carbocycles. The van der Waals surface area contributed by atoms with Crippen LogP contribution in [0.5, 0.6) is 0 Å². The Kier molecular flexibility index (Phi) is 11.0. The lowest BCUT2D eigenvalue weighted by atomic mass is 10.0. The van der Waals surface area contributed by atoms with Crippen molar-refractivity contribution in [2.75, 3.05) is 62.4 Å². The summed E-state index contributed by atoms with van der Waals surface area (Å²) in [6.45, 7) is 5.98. The molecule has 10 heteroatoms. The monoisotopic (exact) mass is 618 g/mol. The summed E-state index contributed by atoms with van der Waals surface area (Å²) in [6.07, 6.45) is 7.10. The van der Waals surface area contributed by atoms with Crippen LogP contribution in [0.3, 0.4) is 0 Å². The molecule has 0 atom stereocenters. The molecule has 3 saturated heterocycles. The van der Waals surface area contributed by atoms with Crippen molar-refractivity contribution in [3.8, 4) is 0 Å². The van der Waals surface area contributed by atoms with Crippen LogP contribution in [-0.4, -0.2) is 69.1 Å². The second-order valence-electron chi connectivity index (χ2n) is 12.1. The van der Waals surface area contributed by atoms with E-state index in [0.29, 0.717) is 35.6 Å². The first kappa shape index (κ1) is 32.4. The van der Waals surface area contributed by atoms with E-state index in [9.17, 15) is 13.6 Å². The quantitative estimate of drug-likeness (QED) is 0.180. The average molecular weight is 619 g/mol.